The van der Waals surface area contributed by atoms with Gasteiger partial charge in [0.2, 0.25) is 0 Å². The minimum Gasteiger partial charge on any atom is -0.252 e. The summed E-state index contributed by atoms with van der Waals surface area (Å²) in [6.45, 7) is 1.49. The molecule has 3 heterocycles. The molecule has 3 aromatic heterocycles. The second-order valence-electron chi connectivity index (χ2n) is 5.05. The number of halogens is 4. The van der Waals surface area contributed by atoms with Crippen LogP contribution in [-0.2, 0) is 16.0 Å². The van der Waals surface area contributed by atoms with Gasteiger partial charge < -0.3 is 0 Å². The minimum atomic E-state index is -4.60. The number of aromatic nitrogens is 4. The predicted molar refractivity (Wildman–Crippen MR) is 86.6 cm³/mol. The summed E-state index contributed by atoms with van der Waals surface area (Å²) in [6, 6.07) is 3.55. The Morgan fingerprint density at radius 1 is 1.28 bits per heavy atom. The number of nitrogens with zero attached hydrogens (tertiary/aromatic N) is 4. The Bertz CT molecular complexity index is 1060. The molecule has 25 heavy (non-hydrogen) atoms. The summed E-state index contributed by atoms with van der Waals surface area (Å²) < 4.78 is 64.3. The Morgan fingerprint density at radius 2 is 2.00 bits per heavy atom. The first-order valence-electron chi connectivity index (χ1n) is 6.94. The van der Waals surface area contributed by atoms with Crippen molar-refractivity contribution in [1.29, 1.82) is 0 Å². The van der Waals surface area contributed by atoms with Crippen molar-refractivity contribution in [3.63, 3.8) is 0 Å². The average Bonchev–Trinajstić information content (AvgIpc) is 2.98. The van der Waals surface area contributed by atoms with E-state index in [-0.39, 0.29) is 27.7 Å². The van der Waals surface area contributed by atoms with Crippen molar-refractivity contribution in [1.82, 2.24) is 19.6 Å². The lowest BCUT2D eigenvalue weighted by Crippen LogP contribution is -2.08. The molecular formula is C14H10BrF3N4O2S. The van der Waals surface area contributed by atoms with Crippen LogP contribution >= 0.6 is 15.9 Å². The summed E-state index contributed by atoms with van der Waals surface area (Å²) in [7, 11) is -3.61. The smallest absolute Gasteiger partial charge is 0.252 e. The summed E-state index contributed by atoms with van der Waals surface area (Å²) in [4.78, 5) is 8.12. The van der Waals surface area contributed by atoms with E-state index in [1.807, 2.05) is 0 Å². The van der Waals surface area contributed by atoms with E-state index in [1.165, 1.54) is 31.5 Å². The van der Waals surface area contributed by atoms with Crippen LogP contribution in [0.3, 0.4) is 0 Å². The molecule has 0 aliphatic rings. The van der Waals surface area contributed by atoms with Gasteiger partial charge in [-0.05, 0) is 28.1 Å². The van der Waals surface area contributed by atoms with Crippen LogP contribution in [-0.4, -0.2) is 33.8 Å². The van der Waals surface area contributed by atoms with E-state index < -0.39 is 21.7 Å². The Labute approximate surface area is 148 Å². The molecule has 0 atom stereocenters. The first-order chi connectivity index (χ1) is 11.6. The van der Waals surface area contributed by atoms with E-state index in [0.717, 1.165) is 10.6 Å². The molecule has 0 unspecified atom stereocenters. The van der Waals surface area contributed by atoms with Crippen molar-refractivity contribution >= 4 is 31.4 Å². The van der Waals surface area contributed by atoms with E-state index in [0.29, 0.717) is 4.47 Å². The molecule has 0 bridgehead atoms. The van der Waals surface area contributed by atoms with Crippen molar-refractivity contribution in [3.05, 3.63) is 40.8 Å². The number of fused-ring (bicyclic) bond motifs is 1. The molecule has 0 N–H and O–H groups in total. The van der Waals surface area contributed by atoms with Crippen LogP contribution in [0.15, 0.2) is 40.0 Å². The van der Waals surface area contributed by atoms with Gasteiger partial charge in [-0.3, -0.25) is 4.98 Å². The highest BCUT2D eigenvalue weighted by Gasteiger charge is 2.34. The molecular weight excluding hydrogens is 425 g/mol. The monoisotopic (exact) mass is 434 g/mol. The molecule has 6 nitrogen and oxygen atoms in total. The van der Waals surface area contributed by atoms with E-state index in [4.69, 9.17) is 0 Å². The highest BCUT2D eigenvalue weighted by molar-refractivity contribution is 9.10. The zero-order valence-electron chi connectivity index (χ0n) is 12.6. The van der Waals surface area contributed by atoms with Crippen molar-refractivity contribution in [2.75, 3.05) is 5.75 Å². The van der Waals surface area contributed by atoms with Crippen LogP contribution in [0.2, 0.25) is 0 Å². The molecule has 0 aliphatic heterocycles. The van der Waals surface area contributed by atoms with Crippen LogP contribution in [0.4, 0.5) is 13.2 Å². The van der Waals surface area contributed by atoms with E-state index >= 15 is 0 Å². The largest absolute Gasteiger partial charge is 0.435 e. The number of rotatable bonds is 3. The third-order valence-corrected chi connectivity index (χ3v) is 5.57. The van der Waals surface area contributed by atoms with Crippen molar-refractivity contribution in [3.8, 4) is 11.4 Å². The first-order valence-corrected chi connectivity index (χ1v) is 9.38. The molecule has 0 amide bonds. The lowest BCUT2D eigenvalue weighted by atomic mass is 10.2. The third kappa shape index (κ3) is 3.38. The number of sulfone groups is 1. The van der Waals surface area contributed by atoms with Gasteiger partial charge in [-0.25, -0.2) is 17.9 Å². The van der Waals surface area contributed by atoms with Gasteiger partial charge in [0.1, 0.15) is 5.69 Å². The summed E-state index contributed by atoms with van der Waals surface area (Å²) >= 11 is 3.17. The maximum Gasteiger partial charge on any atom is 0.435 e. The second kappa shape index (κ2) is 6.06. The molecule has 132 valence electrons. The lowest BCUT2D eigenvalue weighted by molar-refractivity contribution is -0.141. The van der Waals surface area contributed by atoms with Gasteiger partial charge in [-0.2, -0.15) is 18.3 Å². The van der Waals surface area contributed by atoms with Gasteiger partial charge in [-0.1, -0.05) is 6.92 Å². The third-order valence-electron chi connectivity index (χ3n) is 3.39. The normalized spacial score (nSPS) is 12.7. The summed E-state index contributed by atoms with van der Waals surface area (Å²) in [6.07, 6.45) is -1.92. The zero-order chi connectivity index (χ0) is 18.4. The lowest BCUT2D eigenvalue weighted by Gasteiger charge is -2.08. The van der Waals surface area contributed by atoms with Gasteiger partial charge in [-0.15, -0.1) is 0 Å². The molecule has 11 heteroatoms. The van der Waals surface area contributed by atoms with Gasteiger partial charge in [0, 0.05) is 22.9 Å². The van der Waals surface area contributed by atoms with Crippen molar-refractivity contribution in [2.24, 2.45) is 0 Å². The van der Waals surface area contributed by atoms with Crippen molar-refractivity contribution < 1.29 is 21.6 Å². The highest BCUT2D eigenvalue weighted by atomic mass is 79.9. The number of hydrogen-bond donors (Lipinski definition) is 0. The SMILES string of the molecule is CCS(=O)(=O)c1cc(Br)cnc1-c1ccn2nc(C(F)(F)F)cc2n1. The fourth-order valence-corrected chi connectivity index (χ4v) is 3.71. The van der Waals surface area contributed by atoms with Crippen LogP contribution in [0.5, 0.6) is 0 Å². The fourth-order valence-electron chi connectivity index (χ4n) is 2.16. The molecule has 0 saturated carbocycles. The molecule has 0 aromatic carbocycles. The van der Waals surface area contributed by atoms with Gasteiger partial charge >= 0.3 is 6.18 Å². The predicted octanol–water partition coefficient (Wildman–Crippen LogP) is 3.37. The van der Waals surface area contributed by atoms with Crippen molar-refractivity contribution in [2.45, 2.75) is 18.0 Å². The Kier molecular flexibility index (Phi) is 4.31. The number of pyridine rings is 1. The van der Waals surface area contributed by atoms with Gasteiger partial charge in [0.25, 0.3) is 0 Å². The first kappa shape index (κ1) is 17.8. The minimum absolute atomic E-state index is 0.0446. The van der Waals surface area contributed by atoms with E-state index in [9.17, 15) is 21.6 Å². The Balaban J connectivity index is 2.20. The van der Waals surface area contributed by atoms with Gasteiger partial charge in [0.15, 0.2) is 21.2 Å². The zero-order valence-corrected chi connectivity index (χ0v) is 15.0. The molecule has 3 aromatic rings. The number of hydrogen-bond acceptors (Lipinski definition) is 5. The Hall–Kier alpha value is -2.01. The maximum atomic E-state index is 12.8. The van der Waals surface area contributed by atoms with Crippen LogP contribution in [0.1, 0.15) is 12.6 Å². The van der Waals surface area contributed by atoms with Crippen LogP contribution < -0.4 is 0 Å². The summed E-state index contributed by atoms with van der Waals surface area (Å²) in [5.41, 5.74) is -0.931. The summed E-state index contributed by atoms with van der Waals surface area (Å²) in [5, 5.41) is 3.40. The van der Waals surface area contributed by atoms with E-state index in [2.05, 4.69) is 31.0 Å². The fraction of sp³-hybridized carbons (Fsp3) is 0.214. The molecule has 0 spiro atoms. The second-order valence-corrected chi connectivity index (χ2v) is 8.21. The molecule has 0 fully saturated rings. The standard InChI is InChI=1S/C14H10BrF3N4O2S/c1-2-25(23,24)10-5-8(15)7-19-13(10)9-3-4-22-12(20-9)6-11(21-22)14(16,17)18/h3-7H,2H2,1H3. The van der Waals surface area contributed by atoms with E-state index in [1.54, 1.807) is 0 Å². The topological polar surface area (TPSA) is 77.2 Å². The molecule has 0 saturated heterocycles. The average molecular weight is 435 g/mol. The molecule has 0 radical (unpaired) electrons. The molecule has 0 aliphatic carbocycles. The maximum absolute atomic E-state index is 12.8. The van der Waals surface area contributed by atoms with Crippen LogP contribution in [0, 0.1) is 0 Å². The molecule has 3 rings (SSSR count). The Morgan fingerprint density at radius 3 is 2.64 bits per heavy atom. The van der Waals surface area contributed by atoms with Gasteiger partial charge in [0.05, 0.1) is 16.3 Å². The highest BCUT2D eigenvalue weighted by Crippen LogP contribution is 2.30. The quantitative estimate of drug-likeness (QED) is 0.631. The number of alkyl halides is 3. The summed E-state index contributed by atoms with van der Waals surface area (Å²) in [5.74, 6) is -0.148. The van der Waals surface area contributed by atoms with Crippen LogP contribution in [0.25, 0.3) is 17.0 Å².